The SMILES string of the molecule is COc1ccc(-c2c(-c3cccc(-c4c5ccccc5c(-c5ccc6ccccc6c5)c5ccccc45)c3)ccc3ccccc23)cc1. The van der Waals surface area contributed by atoms with Gasteiger partial charge in [-0.1, -0.05) is 152 Å². The first-order valence-electron chi connectivity index (χ1n) is 16.5. The van der Waals surface area contributed by atoms with Crippen molar-refractivity contribution >= 4 is 43.1 Å². The van der Waals surface area contributed by atoms with E-state index in [1.807, 2.05) is 12.1 Å². The fourth-order valence-corrected chi connectivity index (χ4v) is 7.52. The Kier molecular flexibility index (Phi) is 6.76. The summed E-state index contributed by atoms with van der Waals surface area (Å²) in [4.78, 5) is 0. The first-order valence-corrected chi connectivity index (χ1v) is 16.5. The minimum absolute atomic E-state index is 0.855. The summed E-state index contributed by atoms with van der Waals surface area (Å²) in [6, 6.07) is 64.0. The van der Waals surface area contributed by atoms with Gasteiger partial charge in [0.2, 0.25) is 0 Å². The number of methoxy groups -OCH3 is 1. The molecule has 0 aliphatic heterocycles. The Morgan fingerprint density at radius 2 is 0.812 bits per heavy atom. The number of ether oxygens (including phenoxy) is 1. The zero-order chi connectivity index (χ0) is 32.0. The molecule has 0 saturated carbocycles. The van der Waals surface area contributed by atoms with E-state index >= 15 is 0 Å². The molecule has 9 aromatic rings. The molecule has 0 atom stereocenters. The molecule has 9 rings (SSSR count). The van der Waals surface area contributed by atoms with E-state index in [1.165, 1.54) is 87.6 Å². The van der Waals surface area contributed by atoms with Gasteiger partial charge in [-0.25, -0.2) is 0 Å². The lowest BCUT2D eigenvalue weighted by Crippen LogP contribution is -1.92. The molecular weight excluding hydrogens is 581 g/mol. The Labute approximate surface area is 280 Å². The zero-order valence-electron chi connectivity index (χ0n) is 26.7. The highest BCUT2D eigenvalue weighted by Gasteiger charge is 2.18. The summed E-state index contributed by atoms with van der Waals surface area (Å²) in [6.07, 6.45) is 0. The molecule has 0 unspecified atom stereocenters. The third-order valence-electron chi connectivity index (χ3n) is 9.74. The topological polar surface area (TPSA) is 9.23 Å². The van der Waals surface area contributed by atoms with E-state index in [0.29, 0.717) is 0 Å². The van der Waals surface area contributed by atoms with Crippen LogP contribution in [0.1, 0.15) is 0 Å². The van der Waals surface area contributed by atoms with Gasteiger partial charge in [0.25, 0.3) is 0 Å². The van der Waals surface area contributed by atoms with Crippen molar-refractivity contribution in [1.29, 1.82) is 0 Å². The normalized spacial score (nSPS) is 11.4. The molecule has 0 amide bonds. The van der Waals surface area contributed by atoms with E-state index in [2.05, 4.69) is 164 Å². The number of hydrogen-bond acceptors (Lipinski definition) is 1. The van der Waals surface area contributed by atoms with Gasteiger partial charge in [-0.05, 0) is 112 Å². The lowest BCUT2D eigenvalue weighted by Gasteiger charge is -2.19. The Bertz CT molecular complexity index is 2590. The standard InChI is InChI=1S/C47H32O/c1-48-38-26-23-33(24-27-38)45-39-16-5-4-12-32(39)25-28-40(45)35-14-10-15-36(30-35)46-41-17-6-8-19-43(41)47(44-20-9-7-18-42(44)46)37-22-21-31-11-2-3-13-34(31)29-37/h2-30H,1H3. The summed E-state index contributed by atoms with van der Waals surface area (Å²) in [6.45, 7) is 0. The number of fused-ring (bicyclic) bond motifs is 4. The summed E-state index contributed by atoms with van der Waals surface area (Å²) in [5, 5.41) is 10.0. The van der Waals surface area contributed by atoms with Gasteiger partial charge in [-0.2, -0.15) is 0 Å². The van der Waals surface area contributed by atoms with Crippen LogP contribution in [-0.4, -0.2) is 7.11 Å². The van der Waals surface area contributed by atoms with Crippen molar-refractivity contribution in [3.8, 4) is 50.3 Å². The second-order valence-corrected chi connectivity index (χ2v) is 12.4. The molecule has 1 nitrogen and oxygen atoms in total. The first-order chi connectivity index (χ1) is 23.8. The molecule has 48 heavy (non-hydrogen) atoms. The fourth-order valence-electron chi connectivity index (χ4n) is 7.52. The number of hydrogen-bond donors (Lipinski definition) is 0. The Morgan fingerprint density at radius 1 is 0.312 bits per heavy atom. The molecule has 0 saturated heterocycles. The van der Waals surface area contributed by atoms with Crippen LogP contribution in [0.25, 0.3) is 87.6 Å². The largest absolute Gasteiger partial charge is 0.497 e. The molecule has 1 heteroatoms. The van der Waals surface area contributed by atoms with Gasteiger partial charge < -0.3 is 4.74 Å². The predicted octanol–water partition coefficient (Wildman–Crippen LogP) is 13.0. The van der Waals surface area contributed by atoms with E-state index in [9.17, 15) is 0 Å². The van der Waals surface area contributed by atoms with Crippen molar-refractivity contribution in [2.45, 2.75) is 0 Å². The third-order valence-corrected chi connectivity index (χ3v) is 9.74. The lowest BCUT2D eigenvalue weighted by atomic mass is 9.84. The average Bonchev–Trinajstić information content (AvgIpc) is 3.16. The quantitative estimate of drug-likeness (QED) is 0.176. The minimum Gasteiger partial charge on any atom is -0.497 e. The van der Waals surface area contributed by atoms with Crippen LogP contribution >= 0.6 is 0 Å². The van der Waals surface area contributed by atoms with Crippen LogP contribution in [-0.2, 0) is 0 Å². The molecule has 0 radical (unpaired) electrons. The van der Waals surface area contributed by atoms with Crippen LogP contribution in [0.15, 0.2) is 176 Å². The van der Waals surface area contributed by atoms with Crippen molar-refractivity contribution in [3.63, 3.8) is 0 Å². The summed E-state index contributed by atoms with van der Waals surface area (Å²) in [7, 11) is 1.71. The molecule has 9 aromatic carbocycles. The zero-order valence-corrected chi connectivity index (χ0v) is 26.7. The first kappa shape index (κ1) is 28.1. The van der Waals surface area contributed by atoms with Crippen LogP contribution < -0.4 is 4.74 Å². The number of rotatable bonds is 5. The molecule has 0 aliphatic carbocycles. The van der Waals surface area contributed by atoms with Crippen LogP contribution in [0.2, 0.25) is 0 Å². The lowest BCUT2D eigenvalue weighted by molar-refractivity contribution is 0.415. The van der Waals surface area contributed by atoms with Gasteiger partial charge in [0.05, 0.1) is 7.11 Å². The fraction of sp³-hybridized carbons (Fsp3) is 0.0213. The van der Waals surface area contributed by atoms with Crippen molar-refractivity contribution in [3.05, 3.63) is 176 Å². The molecule has 0 spiro atoms. The molecule has 0 aliphatic rings. The summed E-state index contributed by atoms with van der Waals surface area (Å²) in [5.41, 5.74) is 9.79. The summed E-state index contributed by atoms with van der Waals surface area (Å²) >= 11 is 0. The summed E-state index contributed by atoms with van der Waals surface area (Å²) in [5.74, 6) is 0.855. The molecule has 226 valence electrons. The second-order valence-electron chi connectivity index (χ2n) is 12.4. The highest BCUT2D eigenvalue weighted by molar-refractivity contribution is 6.22. The number of benzene rings is 9. The molecule has 0 bridgehead atoms. The minimum atomic E-state index is 0.855. The van der Waals surface area contributed by atoms with Gasteiger partial charge in [0.1, 0.15) is 5.75 Å². The maximum atomic E-state index is 5.50. The monoisotopic (exact) mass is 612 g/mol. The van der Waals surface area contributed by atoms with Crippen LogP contribution in [0.3, 0.4) is 0 Å². The van der Waals surface area contributed by atoms with Crippen molar-refractivity contribution in [1.82, 2.24) is 0 Å². The molecular formula is C47H32O. The van der Waals surface area contributed by atoms with Crippen LogP contribution in [0, 0.1) is 0 Å². The van der Waals surface area contributed by atoms with E-state index < -0.39 is 0 Å². The van der Waals surface area contributed by atoms with E-state index in [0.717, 1.165) is 5.75 Å². The van der Waals surface area contributed by atoms with Gasteiger partial charge >= 0.3 is 0 Å². The van der Waals surface area contributed by atoms with E-state index in [4.69, 9.17) is 4.74 Å². The van der Waals surface area contributed by atoms with Gasteiger partial charge in [-0.3, -0.25) is 0 Å². The van der Waals surface area contributed by atoms with Crippen LogP contribution in [0.5, 0.6) is 5.75 Å². The van der Waals surface area contributed by atoms with Gasteiger partial charge in [0.15, 0.2) is 0 Å². The van der Waals surface area contributed by atoms with Gasteiger partial charge in [0, 0.05) is 0 Å². The average molecular weight is 613 g/mol. The molecule has 0 aromatic heterocycles. The molecule has 0 N–H and O–H groups in total. The maximum Gasteiger partial charge on any atom is 0.118 e. The van der Waals surface area contributed by atoms with Crippen LogP contribution in [0.4, 0.5) is 0 Å². The van der Waals surface area contributed by atoms with Crippen molar-refractivity contribution in [2.75, 3.05) is 7.11 Å². The highest BCUT2D eigenvalue weighted by Crippen LogP contribution is 2.46. The van der Waals surface area contributed by atoms with E-state index in [1.54, 1.807) is 7.11 Å². The van der Waals surface area contributed by atoms with Crippen molar-refractivity contribution in [2.24, 2.45) is 0 Å². The Balaban J connectivity index is 1.29. The van der Waals surface area contributed by atoms with E-state index in [-0.39, 0.29) is 0 Å². The Morgan fingerprint density at radius 3 is 1.46 bits per heavy atom. The molecule has 0 heterocycles. The van der Waals surface area contributed by atoms with Gasteiger partial charge in [-0.15, -0.1) is 0 Å². The Hall–Kier alpha value is -6.18. The highest BCUT2D eigenvalue weighted by atomic mass is 16.5. The third kappa shape index (κ3) is 4.63. The van der Waals surface area contributed by atoms with Crippen molar-refractivity contribution < 1.29 is 4.74 Å². The second kappa shape index (κ2) is 11.6. The molecule has 0 fully saturated rings. The smallest absolute Gasteiger partial charge is 0.118 e. The summed E-state index contributed by atoms with van der Waals surface area (Å²) < 4.78 is 5.50. The maximum absolute atomic E-state index is 5.50. The predicted molar refractivity (Wildman–Crippen MR) is 205 cm³/mol.